The van der Waals surface area contributed by atoms with Gasteiger partial charge >= 0.3 is 0 Å². The molecule has 0 radical (unpaired) electrons. The Labute approximate surface area is 89.4 Å². The predicted octanol–water partition coefficient (Wildman–Crippen LogP) is 4.01. The predicted molar refractivity (Wildman–Crippen MR) is 63.2 cm³/mol. The molecule has 0 saturated heterocycles. The Hall–Kier alpha value is -2.02. The highest BCUT2D eigenvalue weighted by Gasteiger charge is 1.84. The summed E-state index contributed by atoms with van der Waals surface area (Å²) >= 11 is 0. The average Bonchev–Trinajstić information content (AvgIpc) is 2.79. The van der Waals surface area contributed by atoms with Crippen LogP contribution in [0.3, 0.4) is 0 Å². The van der Waals surface area contributed by atoms with Crippen LogP contribution in [0, 0.1) is 0 Å². The molecule has 0 spiro atoms. The molecule has 1 aromatic carbocycles. The Bertz CT molecular complexity index is 435. The Balaban J connectivity index is 1.96. The summed E-state index contributed by atoms with van der Waals surface area (Å²) in [6.45, 7) is 0. The van der Waals surface area contributed by atoms with Gasteiger partial charge < -0.3 is 4.42 Å². The summed E-state index contributed by atoms with van der Waals surface area (Å²) in [5, 5.41) is 0. The molecular formula is C14H12O. The molecule has 15 heavy (non-hydrogen) atoms. The van der Waals surface area contributed by atoms with Gasteiger partial charge in [-0.2, -0.15) is 0 Å². The van der Waals surface area contributed by atoms with Crippen molar-refractivity contribution >= 4 is 12.2 Å². The zero-order chi connectivity index (χ0) is 10.3. The third-order valence-electron chi connectivity index (χ3n) is 2.00. The van der Waals surface area contributed by atoms with E-state index in [1.54, 1.807) is 6.26 Å². The number of rotatable bonds is 3. The van der Waals surface area contributed by atoms with Gasteiger partial charge in [-0.15, -0.1) is 0 Å². The van der Waals surface area contributed by atoms with Gasteiger partial charge in [0, 0.05) is 0 Å². The van der Waals surface area contributed by atoms with E-state index in [1.165, 1.54) is 5.56 Å². The van der Waals surface area contributed by atoms with Crippen LogP contribution in [0.15, 0.2) is 65.3 Å². The second-order valence-corrected chi connectivity index (χ2v) is 3.14. The fourth-order valence-electron chi connectivity index (χ4n) is 1.27. The van der Waals surface area contributed by atoms with Gasteiger partial charge in [0.05, 0.1) is 6.26 Å². The van der Waals surface area contributed by atoms with E-state index in [2.05, 4.69) is 18.2 Å². The van der Waals surface area contributed by atoms with Crippen LogP contribution in [-0.2, 0) is 0 Å². The van der Waals surface area contributed by atoms with Crippen LogP contribution >= 0.6 is 0 Å². The molecule has 1 aromatic heterocycles. The molecule has 0 bridgehead atoms. The number of allylic oxidation sites excluding steroid dienone is 2. The molecule has 1 heterocycles. The van der Waals surface area contributed by atoms with E-state index in [-0.39, 0.29) is 0 Å². The second-order valence-electron chi connectivity index (χ2n) is 3.14. The molecule has 0 aliphatic carbocycles. The van der Waals surface area contributed by atoms with E-state index in [0.717, 1.165) is 5.76 Å². The summed E-state index contributed by atoms with van der Waals surface area (Å²) in [6.07, 6.45) is 9.61. The first kappa shape index (κ1) is 9.53. The minimum absolute atomic E-state index is 0.868. The van der Waals surface area contributed by atoms with E-state index in [9.17, 15) is 0 Å². The van der Waals surface area contributed by atoms with Gasteiger partial charge in [0.15, 0.2) is 0 Å². The van der Waals surface area contributed by atoms with Crippen LogP contribution < -0.4 is 0 Å². The quantitative estimate of drug-likeness (QED) is 0.676. The fraction of sp³-hybridized carbons (Fsp3) is 0. The van der Waals surface area contributed by atoms with Gasteiger partial charge in [-0.1, -0.05) is 48.6 Å². The maximum atomic E-state index is 5.17. The minimum Gasteiger partial charge on any atom is -0.465 e. The molecule has 2 rings (SSSR count). The molecule has 2 aromatic rings. The number of furan rings is 1. The summed E-state index contributed by atoms with van der Waals surface area (Å²) in [5.74, 6) is 0.868. The third-order valence-corrected chi connectivity index (χ3v) is 2.00. The summed E-state index contributed by atoms with van der Waals surface area (Å²) in [4.78, 5) is 0. The topological polar surface area (TPSA) is 13.1 Å². The lowest BCUT2D eigenvalue weighted by Gasteiger charge is -1.88. The molecular weight excluding hydrogens is 184 g/mol. The smallest absolute Gasteiger partial charge is 0.126 e. The van der Waals surface area contributed by atoms with Crippen molar-refractivity contribution in [1.82, 2.24) is 0 Å². The van der Waals surface area contributed by atoms with E-state index in [1.807, 2.05) is 48.6 Å². The normalized spacial score (nSPS) is 11.5. The van der Waals surface area contributed by atoms with Gasteiger partial charge in [-0.05, 0) is 23.8 Å². The van der Waals surface area contributed by atoms with Crippen molar-refractivity contribution in [2.45, 2.75) is 0 Å². The molecule has 0 N–H and O–H groups in total. The van der Waals surface area contributed by atoms with Crippen LogP contribution in [0.2, 0.25) is 0 Å². The van der Waals surface area contributed by atoms with Gasteiger partial charge in [0.1, 0.15) is 5.76 Å². The lowest BCUT2D eigenvalue weighted by atomic mass is 10.2. The molecule has 1 nitrogen and oxygen atoms in total. The molecule has 1 heteroatoms. The summed E-state index contributed by atoms with van der Waals surface area (Å²) in [5.41, 5.74) is 1.20. The van der Waals surface area contributed by atoms with Crippen molar-refractivity contribution in [2.75, 3.05) is 0 Å². The zero-order valence-corrected chi connectivity index (χ0v) is 8.34. The first-order valence-electron chi connectivity index (χ1n) is 4.88. The van der Waals surface area contributed by atoms with E-state index in [4.69, 9.17) is 4.42 Å². The maximum Gasteiger partial charge on any atom is 0.126 e. The monoisotopic (exact) mass is 196 g/mol. The molecule has 0 fully saturated rings. The van der Waals surface area contributed by atoms with Crippen molar-refractivity contribution in [3.63, 3.8) is 0 Å². The number of hydrogen-bond donors (Lipinski definition) is 0. The fourth-order valence-corrected chi connectivity index (χ4v) is 1.27. The van der Waals surface area contributed by atoms with Crippen molar-refractivity contribution in [3.05, 3.63) is 72.2 Å². The second kappa shape index (κ2) is 5.01. The van der Waals surface area contributed by atoms with Crippen molar-refractivity contribution < 1.29 is 4.42 Å². The van der Waals surface area contributed by atoms with E-state index >= 15 is 0 Å². The van der Waals surface area contributed by atoms with Gasteiger partial charge in [-0.3, -0.25) is 0 Å². The first-order chi connectivity index (χ1) is 7.45. The highest BCUT2D eigenvalue weighted by molar-refractivity contribution is 5.54. The van der Waals surface area contributed by atoms with Crippen LogP contribution in [-0.4, -0.2) is 0 Å². The van der Waals surface area contributed by atoms with Crippen LogP contribution in [0.1, 0.15) is 11.3 Å². The lowest BCUT2D eigenvalue weighted by molar-refractivity contribution is 0.557. The van der Waals surface area contributed by atoms with Gasteiger partial charge in [0.25, 0.3) is 0 Å². The highest BCUT2D eigenvalue weighted by atomic mass is 16.3. The van der Waals surface area contributed by atoms with Gasteiger partial charge in [-0.25, -0.2) is 0 Å². The largest absolute Gasteiger partial charge is 0.465 e. The van der Waals surface area contributed by atoms with E-state index < -0.39 is 0 Å². The summed E-state index contributed by atoms with van der Waals surface area (Å²) in [7, 11) is 0. The Morgan fingerprint density at radius 1 is 0.800 bits per heavy atom. The first-order valence-corrected chi connectivity index (χ1v) is 4.88. The van der Waals surface area contributed by atoms with Crippen LogP contribution in [0.5, 0.6) is 0 Å². The zero-order valence-electron chi connectivity index (χ0n) is 8.34. The van der Waals surface area contributed by atoms with Crippen molar-refractivity contribution in [2.24, 2.45) is 0 Å². The molecule has 0 aliphatic rings. The number of hydrogen-bond acceptors (Lipinski definition) is 1. The molecule has 0 unspecified atom stereocenters. The molecule has 0 amide bonds. The van der Waals surface area contributed by atoms with Crippen molar-refractivity contribution in [3.8, 4) is 0 Å². The summed E-state index contributed by atoms with van der Waals surface area (Å²) in [6, 6.07) is 14.0. The highest BCUT2D eigenvalue weighted by Crippen LogP contribution is 2.04. The third kappa shape index (κ3) is 2.99. The van der Waals surface area contributed by atoms with E-state index in [0.29, 0.717) is 0 Å². The maximum absolute atomic E-state index is 5.17. The van der Waals surface area contributed by atoms with Gasteiger partial charge in [0.2, 0.25) is 0 Å². The Morgan fingerprint density at radius 3 is 2.33 bits per heavy atom. The van der Waals surface area contributed by atoms with Crippen LogP contribution in [0.25, 0.3) is 12.2 Å². The van der Waals surface area contributed by atoms with Crippen LogP contribution in [0.4, 0.5) is 0 Å². The standard InChI is InChI=1S/C14H12O/c1-2-7-13(8-3-1)9-4-5-10-14-11-6-12-15-14/h1-12H. The molecule has 0 atom stereocenters. The van der Waals surface area contributed by atoms with Crippen molar-refractivity contribution in [1.29, 1.82) is 0 Å². The molecule has 0 saturated carbocycles. The Kier molecular flexibility index (Phi) is 3.18. The molecule has 74 valence electrons. The Morgan fingerprint density at radius 2 is 1.60 bits per heavy atom. The molecule has 0 aliphatic heterocycles. The minimum atomic E-state index is 0.868. The number of benzene rings is 1. The SMILES string of the molecule is C(C=Cc1ccco1)=Cc1ccccc1. The summed E-state index contributed by atoms with van der Waals surface area (Å²) < 4.78 is 5.17. The lowest BCUT2D eigenvalue weighted by Crippen LogP contribution is -1.66. The average molecular weight is 196 g/mol.